The van der Waals surface area contributed by atoms with Crippen LogP contribution >= 0.6 is 0 Å². The van der Waals surface area contributed by atoms with E-state index in [4.69, 9.17) is 5.73 Å². The molecule has 0 aliphatic rings. The van der Waals surface area contributed by atoms with Gasteiger partial charge in [0.05, 0.1) is 16.3 Å². The summed E-state index contributed by atoms with van der Waals surface area (Å²) < 4.78 is 0. The molecule has 2 rings (SSSR count). The summed E-state index contributed by atoms with van der Waals surface area (Å²) in [6, 6.07) is 8.32. The van der Waals surface area contributed by atoms with Crippen molar-refractivity contribution in [1.29, 1.82) is 0 Å². The van der Waals surface area contributed by atoms with Crippen LogP contribution in [0.25, 0.3) is 0 Å². The van der Waals surface area contributed by atoms with Crippen LogP contribution in [0, 0.1) is 10.1 Å². The van der Waals surface area contributed by atoms with Crippen molar-refractivity contribution in [2.24, 2.45) is 0 Å². The number of pyridine rings is 1. The molecule has 0 bridgehead atoms. The molecule has 0 aliphatic heterocycles. The summed E-state index contributed by atoms with van der Waals surface area (Å²) in [4.78, 5) is 16.1. The van der Waals surface area contributed by atoms with E-state index in [1.807, 2.05) is 24.1 Å². The Morgan fingerprint density at radius 3 is 2.58 bits per heavy atom. The highest BCUT2D eigenvalue weighted by Crippen LogP contribution is 2.27. The second kappa shape index (κ2) is 5.34. The molecule has 0 spiro atoms. The fourth-order valence-electron chi connectivity index (χ4n) is 1.85. The van der Waals surface area contributed by atoms with E-state index >= 15 is 0 Å². The van der Waals surface area contributed by atoms with Crippen molar-refractivity contribution in [3.63, 3.8) is 0 Å². The zero-order valence-corrected chi connectivity index (χ0v) is 10.5. The number of nitrogens with zero attached hydrogens (tertiary/aromatic N) is 3. The number of nitro benzene ring substituents is 1. The van der Waals surface area contributed by atoms with E-state index in [2.05, 4.69) is 4.98 Å². The Hall–Kier alpha value is -2.63. The largest absolute Gasteiger partial charge is 0.397 e. The van der Waals surface area contributed by atoms with Crippen LogP contribution < -0.4 is 10.6 Å². The Balaban J connectivity index is 2.20. The summed E-state index contributed by atoms with van der Waals surface area (Å²) in [6.45, 7) is 0.657. The zero-order chi connectivity index (χ0) is 13.8. The molecule has 0 fully saturated rings. The molecule has 2 aromatic rings. The quantitative estimate of drug-likeness (QED) is 0.516. The van der Waals surface area contributed by atoms with Gasteiger partial charge in [0, 0.05) is 38.1 Å². The summed E-state index contributed by atoms with van der Waals surface area (Å²) >= 11 is 0. The predicted octanol–water partition coefficient (Wildman–Crippen LogP) is 2.21. The minimum atomic E-state index is -0.455. The summed E-state index contributed by atoms with van der Waals surface area (Å²) in [7, 11) is 1.89. The number of benzene rings is 1. The topological polar surface area (TPSA) is 85.3 Å². The van der Waals surface area contributed by atoms with E-state index in [-0.39, 0.29) is 5.69 Å². The van der Waals surface area contributed by atoms with Crippen molar-refractivity contribution in [3.8, 4) is 0 Å². The summed E-state index contributed by atoms with van der Waals surface area (Å²) in [5, 5.41) is 10.7. The Bertz CT molecular complexity index is 586. The fraction of sp³-hybridized carbons (Fsp3) is 0.154. The second-order valence-electron chi connectivity index (χ2n) is 4.21. The first-order valence-electron chi connectivity index (χ1n) is 5.72. The molecule has 0 atom stereocenters. The Morgan fingerprint density at radius 2 is 2.00 bits per heavy atom. The standard InChI is InChI=1S/C13H14N4O2/c1-16(9-10-4-6-15-7-5-10)13-3-2-11(17(18)19)8-12(13)14/h2-8H,9,14H2,1H3. The molecule has 19 heavy (non-hydrogen) atoms. The van der Waals surface area contributed by atoms with Crippen LogP contribution in [-0.4, -0.2) is 17.0 Å². The van der Waals surface area contributed by atoms with E-state index < -0.39 is 4.92 Å². The smallest absolute Gasteiger partial charge is 0.271 e. The summed E-state index contributed by atoms with van der Waals surface area (Å²) in [5.74, 6) is 0. The van der Waals surface area contributed by atoms with Crippen molar-refractivity contribution in [2.45, 2.75) is 6.54 Å². The average molecular weight is 258 g/mol. The van der Waals surface area contributed by atoms with Gasteiger partial charge in [0.2, 0.25) is 0 Å². The van der Waals surface area contributed by atoms with Gasteiger partial charge in [0.1, 0.15) is 0 Å². The number of hydrogen-bond acceptors (Lipinski definition) is 5. The van der Waals surface area contributed by atoms with Gasteiger partial charge >= 0.3 is 0 Å². The molecule has 1 heterocycles. The maximum absolute atomic E-state index is 10.7. The minimum absolute atomic E-state index is 0.00133. The number of aromatic nitrogens is 1. The number of hydrogen-bond donors (Lipinski definition) is 1. The molecule has 0 amide bonds. The molecule has 1 aromatic carbocycles. The third-order valence-corrected chi connectivity index (χ3v) is 2.80. The van der Waals surface area contributed by atoms with Crippen molar-refractivity contribution in [3.05, 3.63) is 58.4 Å². The van der Waals surface area contributed by atoms with Crippen LogP contribution in [0.4, 0.5) is 17.1 Å². The maximum atomic E-state index is 10.7. The third kappa shape index (κ3) is 2.98. The van der Waals surface area contributed by atoms with Crippen molar-refractivity contribution < 1.29 is 4.92 Å². The Kier molecular flexibility index (Phi) is 3.61. The lowest BCUT2D eigenvalue weighted by atomic mass is 10.2. The highest BCUT2D eigenvalue weighted by Gasteiger charge is 2.11. The number of non-ortho nitro benzene ring substituents is 1. The van der Waals surface area contributed by atoms with E-state index in [1.165, 1.54) is 12.1 Å². The molecule has 0 unspecified atom stereocenters. The highest BCUT2D eigenvalue weighted by atomic mass is 16.6. The van der Waals surface area contributed by atoms with E-state index in [0.717, 1.165) is 11.3 Å². The number of nitro groups is 1. The number of nitrogen functional groups attached to an aromatic ring is 1. The first-order valence-corrected chi connectivity index (χ1v) is 5.72. The van der Waals surface area contributed by atoms with Crippen LogP contribution in [0.5, 0.6) is 0 Å². The van der Waals surface area contributed by atoms with Gasteiger partial charge in [-0.3, -0.25) is 15.1 Å². The van der Waals surface area contributed by atoms with Gasteiger partial charge in [-0.1, -0.05) is 0 Å². The molecule has 98 valence electrons. The van der Waals surface area contributed by atoms with Crippen molar-refractivity contribution >= 4 is 17.1 Å². The van der Waals surface area contributed by atoms with Gasteiger partial charge < -0.3 is 10.6 Å². The molecular weight excluding hydrogens is 244 g/mol. The number of rotatable bonds is 4. The molecule has 0 saturated heterocycles. The summed E-state index contributed by atoms with van der Waals surface area (Å²) in [5.41, 5.74) is 8.11. The SMILES string of the molecule is CN(Cc1ccncc1)c1ccc([N+](=O)[O-])cc1N. The number of anilines is 2. The van der Waals surface area contributed by atoms with Crippen molar-refractivity contribution in [1.82, 2.24) is 4.98 Å². The Morgan fingerprint density at radius 1 is 1.32 bits per heavy atom. The molecule has 6 nitrogen and oxygen atoms in total. The van der Waals surface area contributed by atoms with Gasteiger partial charge in [-0.25, -0.2) is 0 Å². The van der Waals surface area contributed by atoms with E-state index in [0.29, 0.717) is 12.2 Å². The van der Waals surface area contributed by atoms with Crippen LogP contribution in [-0.2, 0) is 6.54 Å². The first-order chi connectivity index (χ1) is 9.08. The molecule has 0 aliphatic carbocycles. The van der Waals surface area contributed by atoms with E-state index in [9.17, 15) is 10.1 Å². The van der Waals surface area contributed by atoms with Gasteiger partial charge in [-0.15, -0.1) is 0 Å². The van der Waals surface area contributed by atoms with Gasteiger partial charge in [-0.05, 0) is 23.8 Å². The van der Waals surface area contributed by atoms with Crippen LogP contribution in [0.15, 0.2) is 42.7 Å². The molecule has 6 heteroatoms. The third-order valence-electron chi connectivity index (χ3n) is 2.80. The number of nitrogens with two attached hydrogens (primary N) is 1. The molecule has 0 radical (unpaired) electrons. The average Bonchev–Trinajstić information content (AvgIpc) is 2.39. The maximum Gasteiger partial charge on any atom is 0.271 e. The molecule has 1 aromatic heterocycles. The summed E-state index contributed by atoms with van der Waals surface area (Å²) in [6.07, 6.45) is 3.45. The highest BCUT2D eigenvalue weighted by molar-refractivity contribution is 5.70. The molecule has 2 N–H and O–H groups in total. The lowest BCUT2D eigenvalue weighted by Crippen LogP contribution is -2.17. The lowest BCUT2D eigenvalue weighted by molar-refractivity contribution is -0.384. The fourth-order valence-corrected chi connectivity index (χ4v) is 1.85. The van der Waals surface area contributed by atoms with Gasteiger partial charge in [-0.2, -0.15) is 0 Å². The molecular formula is C13H14N4O2. The minimum Gasteiger partial charge on any atom is -0.397 e. The predicted molar refractivity (Wildman–Crippen MR) is 73.9 cm³/mol. The van der Waals surface area contributed by atoms with Crippen LogP contribution in [0.2, 0.25) is 0 Å². The first kappa shape index (κ1) is 12.8. The Labute approximate surface area is 110 Å². The lowest BCUT2D eigenvalue weighted by Gasteiger charge is -2.20. The van der Waals surface area contributed by atoms with Crippen LogP contribution in [0.3, 0.4) is 0 Å². The molecule has 0 saturated carbocycles. The van der Waals surface area contributed by atoms with Gasteiger partial charge in [0.15, 0.2) is 0 Å². The monoisotopic (exact) mass is 258 g/mol. The van der Waals surface area contributed by atoms with Gasteiger partial charge in [0.25, 0.3) is 5.69 Å². The van der Waals surface area contributed by atoms with Crippen molar-refractivity contribution in [2.75, 3.05) is 17.7 Å². The normalized spacial score (nSPS) is 10.2. The van der Waals surface area contributed by atoms with E-state index in [1.54, 1.807) is 18.5 Å². The zero-order valence-electron chi connectivity index (χ0n) is 10.5. The second-order valence-corrected chi connectivity index (χ2v) is 4.21. The van der Waals surface area contributed by atoms with Crippen LogP contribution in [0.1, 0.15) is 5.56 Å².